The van der Waals surface area contributed by atoms with Crippen LogP contribution in [0.5, 0.6) is 0 Å². The molecule has 0 radical (unpaired) electrons. The van der Waals surface area contributed by atoms with Gasteiger partial charge in [0, 0.05) is 12.1 Å². The van der Waals surface area contributed by atoms with Gasteiger partial charge in [-0.25, -0.2) is 0 Å². The van der Waals surface area contributed by atoms with Crippen molar-refractivity contribution in [2.45, 2.75) is 25.9 Å². The molecule has 18 heavy (non-hydrogen) atoms. The normalized spacial score (nSPS) is 16.5. The van der Waals surface area contributed by atoms with Gasteiger partial charge < -0.3 is 10.4 Å². The van der Waals surface area contributed by atoms with E-state index in [1.54, 1.807) is 0 Å². The van der Waals surface area contributed by atoms with Gasteiger partial charge in [-0.05, 0) is 48.0 Å². The molecule has 0 unspecified atom stereocenters. The Morgan fingerprint density at radius 1 is 1.39 bits per heavy atom. The standard InChI is InChI=1S/C14H19NO2S/c16-10-12-2-1-3-13(8-12)15-14(17)9-11-4-6-18-7-5-11/h1-3,8,11,16H,4-7,9-10H2,(H,15,17). The van der Waals surface area contributed by atoms with Gasteiger partial charge in [0.15, 0.2) is 0 Å². The fraction of sp³-hybridized carbons (Fsp3) is 0.500. The molecule has 1 saturated heterocycles. The Balaban J connectivity index is 1.85. The second-order valence-electron chi connectivity index (χ2n) is 4.67. The third-order valence-electron chi connectivity index (χ3n) is 3.21. The molecule has 0 spiro atoms. The number of aliphatic hydroxyl groups is 1. The number of nitrogens with one attached hydrogen (secondary N) is 1. The number of carbonyl (C=O) groups is 1. The maximum atomic E-state index is 11.9. The van der Waals surface area contributed by atoms with Gasteiger partial charge in [-0.15, -0.1) is 0 Å². The van der Waals surface area contributed by atoms with Crippen molar-refractivity contribution in [3.8, 4) is 0 Å². The van der Waals surface area contributed by atoms with Gasteiger partial charge in [0.1, 0.15) is 0 Å². The van der Waals surface area contributed by atoms with Crippen LogP contribution in [0.15, 0.2) is 24.3 Å². The lowest BCUT2D eigenvalue weighted by atomic mass is 9.98. The molecule has 1 aromatic carbocycles. The maximum absolute atomic E-state index is 11.9. The molecule has 1 aliphatic heterocycles. The van der Waals surface area contributed by atoms with E-state index in [0.717, 1.165) is 24.1 Å². The van der Waals surface area contributed by atoms with Crippen molar-refractivity contribution in [3.05, 3.63) is 29.8 Å². The molecule has 1 aliphatic rings. The molecule has 2 rings (SSSR count). The van der Waals surface area contributed by atoms with Crippen molar-refractivity contribution in [3.63, 3.8) is 0 Å². The van der Waals surface area contributed by atoms with E-state index in [0.29, 0.717) is 12.3 Å². The number of benzene rings is 1. The first-order chi connectivity index (χ1) is 8.78. The molecule has 1 heterocycles. The Hall–Kier alpha value is -1.00. The minimum atomic E-state index is 0.00353. The van der Waals surface area contributed by atoms with Gasteiger partial charge in [0.25, 0.3) is 0 Å². The monoisotopic (exact) mass is 265 g/mol. The van der Waals surface area contributed by atoms with Gasteiger partial charge in [0.2, 0.25) is 5.91 Å². The van der Waals surface area contributed by atoms with E-state index in [9.17, 15) is 4.79 Å². The van der Waals surface area contributed by atoms with Crippen LogP contribution in [-0.2, 0) is 11.4 Å². The van der Waals surface area contributed by atoms with Crippen LogP contribution >= 0.6 is 11.8 Å². The van der Waals surface area contributed by atoms with Crippen LogP contribution in [0.2, 0.25) is 0 Å². The zero-order valence-corrected chi connectivity index (χ0v) is 11.2. The number of hydrogen-bond donors (Lipinski definition) is 2. The van der Waals surface area contributed by atoms with Gasteiger partial charge in [-0.3, -0.25) is 4.79 Å². The number of aliphatic hydroxyl groups excluding tert-OH is 1. The summed E-state index contributed by atoms with van der Waals surface area (Å²) in [5, 5.41) is 11.9. The van der Waals surface area contributed by atoms with E-state index < -0.39 is 0 Å². The highest BCUT2D eigenvalue weighted by molar-refractivity contribution is 7.99. The number of rotatable bonds is 4. The highest BCUT2D eigenvalue weighted by Crippen LogP contribution is 2.25. The number of thioether (sulfide) groups is 1. The smallest absolute Gasteiger partial charge is 0.224 e. The molecule has 0 bridgehead atoms. The van der Waals surface area contributed by atoms with E-state index in [1.165, 1.54) is 11.5 Å². The second-order valence-corrected chi connectivity index (χ2v) is 5.89. The molecule has 0 aromatic heterocycles. The predicted molar refractivity (Wildman–Crippen MR) is 75.7 cm³/mol. The molecule has 3 nitrogen and oxygen atoms in total. The summed E-state index contributed by atoms with van der Waals surface area (Å²) >= 11 is 1.98. The molecule has 98 valence electrons. The van der Waals surface area contributed by atoms with Crippen molar-refractivity contribution in [1.82, 2.24) is 0 Å². The third kappa shape index (κ3) is 4.03. The number of carbonyl (C=O) groups excluding carboxylic acids is 1. The summed E-state index contributed by atoms with van der Waals surface area (Å²) in [6.45, 7) is 0.00353. The zero-order valence-electron chi connectivity index (χ0n) is 10.4. The Labute approximate surface area is 112 Å². The van der Waals surface area contributed by atoms with Gasteiger partial charge in [0.05, 0.1) is 6.61 Å². The van der Waals surface area contributed by atoms with Crippen molar-refractivity contribution >= 4 is 23.4 Å². The number of anilines is 1. The summed E-state index contributed by atoms with van der Waals surface area (Å²) in [5.41, 5.74) is 1.60. The SMILES string of the molecule is O=C(CC1CCSCC1)Nc1cccc(CO)c1. The van der Waals surface area contributed by atoms with Crippen LogP contribution in [-0.4, -0.2) is 22.5 Å². The molecule has 0 atom stereocenters. The first kappa shape index (κ1) is 13.4. The average Bonchev–Trinajstić information content (AvgIpc) is 2.40. The van der Waals surface area contributed by atoms with Crippen LogP contribution in [0, 0.1) is 5.92 Å². The molecule has 1 amide bonds. The van der Waals surface area contributed by atoms with E-state index in [2.05, 4.69) is 5.32 Å². The molecule has 2 N–H and O–H groups in total. The Bertz CT molecular complexity index is 403. The summed E-state index contributed by atoms with van der Waals surface area (Å²) in [7, 11) is 0. The summed E-state index contributed by atoms with van der Waals surface area (Å²) in [6, 6.07) is 7.36. The van der Waals surface area contributed by atoms with Crippen molar-refractivity contribution in [2.24, 2.45) is 5.92 Å². The Morgan fingerprint density at radius 3 is 2.89 bits per heavy atom. The Morgan fingerprint density at radius 2 is 2.17 bits per heavy atom. The lowest BCUT2D eigenvalue weighted by Gasteiger charge is -2.20. The summed E-state index contributed by atoms with van der Waals surface area (Å²) in [5.74, 6) is 2.98. The largest absolute Gasteiger partial charge is 0.392 e. The molecule has 4 heteroatoms. The first-order valence-corrected chi connectivity index (χ1v) is 7.51. The zero-order chi connectivity index (χ0) is 12.8. The van der Waals surface area contributed by atoms with E-state index in [1.807, 2.05) is 36.0 Å². The van der Waals surface area contributed by atoms with Gasteiger partial charge >= 0.3 is 0 Å². The average molecular weight is 265 g/mol. The predicted octanol–water partition coefficient (Wildman–Crippen LogP) is 2.65. The first-order valence-electron chi connectivity index (χ1n) is 6.35. The lowest BCUT2D eigenvalue weighted by Crippen LogP contribution is -2.19. The van der Waals surface area contributed by atoms with E-state index >= 15 is 0 Å². The molecule has 1 aromatic rings. The second kappa shape index (κ2) is 6.81. The molecular formula is C14H19NO2S. The van der Waals surface area contributed by atoms with Crippen LogP contribution in [0.4, 0.5) is 5.69 Å². The highest BCUT2D eigenvalue weighted by Gasteiger charge is 2.17. The minimum Gasteiger partial charge on any atom is -0.392 e. The van der Waals surface area contributed by atoms with E-state index in [-0.39, 0.29) is 12.5 Å². The van der Waals surface area contributed by atoms with Crippen LogP contribution < -0.4 is 5.32 Å². The van der Waals surface area contributed by atoms with Crippen LogP contribution in [0.25, 0.3) is 0 Å². The molecular weight excluding hydrogens is 246 g/mol. The summed E-state index contributed by atoms with van der Waals surface area (Å²) < 4.78 is 0. The van der Waals surface area contributed by atoms with Crippen molar-refractivity contribution < 1.29 is 9.90 Å². The van der Waals surface area contributed by atoms with Gasteiger partial charge in [-0.2, -0.15) is 11.8 Å². The fourth-order valence-corrected chi connectivity index (χ4v) is 3.38. The fourth-order valence-electron chi connectivity index (χ4n) is 2.17. The van der Waals surface area contributed by atoms with Crippen LogP contribution in [0.3, 0.4) is 0 Å². The molecule has 0 aliphatic carbocycles. The van der Waals surface area contributed by atoms with Crippen molar-refractivity contribution in [2.75, 3.05) is 16.8 Å². The minimum absolute atomic E-state index is 0.00353. The summed E-state index contributed by atoms with van der Waals surface area (Å²) in [6.07, 6.45) is 2.91. The summed E-state index contributed by atoms with van der Waals surface area (Å²) in [4.78, 5) is 11.9. The maximum Gasteiger partial charge on any atom is 0.224 e. The molecule has 1 fully saturated rings. The topological polar surface area (TPSA) is 49.3 Å². The number of hydrogen-bond acceptors (Lipinski definition) is 3. The molecule has 0 saturated carbocycles. The quantitative estimate of drug-likeness (QED) is 0.880. The third-order valence-corrected chi connectivity index (χ3v) is 4.26. The Kier molecular flexibility index (Phi) is 5.08. The van der Waals surface area contributed by atoms with Crippen LogP contribution in [0.1, 0.15) is 24.8 Å². The lowest BCUT2D eigenvalue weighted by molar-refractivity contribution is -0.117. The number of amides is 1. The van der Waals surface area contributed by atoms with E-state index in [4.69, 9.17) is 5.11 Å². The van der Waals surface area contributed by atoms with Crippen molar-refractivity contribution in [1.29, 1.82) is 0 Å². The van der Waals surface area contributed by atoms with Gasteiger partial charge in [-0.1, -0.05) is 12.1 Å². The highest BCUT2D eigenvalue weighted by atomic mass is 32.2.